The second-order valence-electron chi connectivity index (χ2n) is 4.82. The quantitative estimate of drug-likeness (QED) is 0.833. The Kier molecular flexibility index (Phi) is 4.17. The predicted octanol–water partition coefficient (Wildman–Crippen LogP) is 4.03. The van der Waals surface area contributed by atoms with Crippen LogP contribution in [0.15, 0.2) is 35.1 Å². The minimum absolute atomic E-state index is 0.230. The Morgan fingerprint density at radius 2 is 2.17 bits per heavy atom. The molecule has 0 spiro atoms. The van der Waals surface area contributed by atoms with Gasteiger partial charge in [-0.15, -0.1) is 0 Å². The van der Waals surface area contributed by atoms with Crippen LogP contribution < -0.4 is 0 Å². The zero-order chi connectivity index (χ0) is 13.1. The highest BCUT2D eigenvalue weighted by Crippen LogP contribution is 2.18. The number of benzene rings is 1. The number of imidazole rings is 1. The van der Waals surface area contributed by atoms with Crippen LogP contribution in [0.3, 0.4) is 0 Å². The molecule has 1 aromatic carbocycles. The van der Waals surface area contributed by atoms with E-state index in [1.54, 1.807) is 6.07 Å². The van der Waals surface area contributed by atoms with Crippen LogP contribution in [0.1, 0.15) is 25.2 Å². The Hall–Kier alpha value is -1.16. The summed E-state index contributed by atoms with van der Waals surface area (Å²) in [6.07, 6.45) is 4.74. The van der Waals surface area contributed by atoms with E-state index >= 15 is 0 Å². The van der Waals surface area contributed by atoms with Crippen molar-refractivity contribution in [3.63, 3.8) is 0 Å². The molecule has 0 fully saturated rings. The van der Waals surface area contributed by atoms with Crippen LogP contribution in [-0.4, -0.2) is 9.55 Å². The largest absolute Gasteiger partial charge is 0.331 e. The van der Waals surface area contributed by atoms with E-state index in [9.17, 15) is 4.39 Å². The van der Waals surface area contributed by atoms with Crippen molar-refractivity contribution in [2.75, 3.05) is 0 Å². The van der Waals surface area contributed by atoms with Crippen LogP contribution in [0.5, 0.6) is 0 Å². The van der Waals surface area contributed by atoms with Crippen molar-refractivity contribution in [3.05, 3.63) is 52.3 Å². The molecule has 0 N–H and O–H groups in total. The van der Waals surface area contributed by atoms with Gasteiger partial charge in [-0.25, -0.2) is 9.37 Å². The Morgan fingerprint density at radius 1 is 1.39 bits per heavy atom. The summed E-state index contributed by atoms with van der Waals surface area (Å²) in [7, 11) is 0. The number of rotatable bonds is 4. The van der Waals surface area contributed by atoms with Crippen LogP contribution >= 0.6 is 15.9 Å². The van der Waals surface area contributed by atoms with Crippen LogP contribution in [-0.2, 0) is 13.0 Å². The molecule has 0 bridgehead atoms. The van der Waals surface area contributed by atoms with E-state index in [1.807, 2.05) is 18.5 Å². The lowest BCUT2D eigenvalue weighted by Crippen LogP contribution is -2.07. The van der Waals surface area contributed by atoms with E-state index in [-0.39, 0.29) is 5.82 Å². The molecule has 2 aromatic rings. The predicted molar refractivity (Wildman–Crippen MR) is 74.0 cm³/mol. The van der Waals surface area contributed by atoms with Crippen molar-refractivity contribution in [2.24, 2.45) is 5.92 Å². The third-order valence-corrected chi connectivity index (χ3v) is 3.34. The summed E-state index contributed by atoms with van der Waals surface area (Å²) >= 11 is 3.21. The van der Waals surface area contributed by atoms with E-state index in [1.165, 1.54) is 6.07 Å². The first-order valence-electron chi connectivity index (χ1n) is 6.00. The van der Waals surface area contributed by atoms with Gasteiger partial charge in [-0.3, -0.25) is 0 Å². The average molecular weight is 311 g/mol. The summed E-state index contributed by atoms with van der Waals surface area (Å²) in [6.45, 7) is 5.07. The molecule has 0 aliphatic carbocycles. The second-order valence-corrected chi connectivity index (χ2v) is 5.67. The molecule has 0 aliphatic heterocycles. The van der Waals surface area contributed by atoms with Crippen molar-refractivity contribution >= 4 is 15.9 Å². The minimum atomic E-state index is -0.230. The van der Waals surface area contributed by atoms with Gasteiger partial charge in [0.1, 0.15) is 11.6 Å². The van der Waals surface area contributed by atoms with E-state index in [4.69, 9.17) is 0 Å². The highest BCUT2D eigenvalue weighted by Gasteiger charge is 2.07. The zero-order valence-corrected chi connectivity index (χ0v) is 12.1. The number of nitrogens with zero attached hydrogens (tertiary/aromatic N) is 2. The molecule has 0 saturated heterocycles. The summed E-state index contributed by atoms with van der Waals surface area (Å²) in [4.78, 5) is 4.37. The van der Waals surface area contributed by atoms with Gasteiger partial charge in [0, 0.05) is 25.4 Å². The molecule has 2 rings (SSSR count). The molecule has 0 unspecified atom stereocenters. The third-order valence-electron chi connectivity index (χ3n) is 2.73. The monoisotopic (exact) mass is 310 g/mol. The maximum atomic E-state index is 13.2. The lowest BCUT2D eigenvalue weighted by Gasteiger charge is -2.10. The standard InChI is InChI=1S/C14H16BrFN2/c1-10(2)7-14-17-5-6-18(14)9-11-3-4-13(16)12(15)8-11/h3-6,8,10H,7,9H2,1-2H3. The second kappa shape index (κ2) is 5.65. The summed E-state index contributed by atoms with van der Waals surface area (Å²) < 4.78 is 15.8. The van der Waals surface area contributed by atoms with Gasteiger partial charge in [0.05, 0.1) is 4.47 Å². The maximum Gasteiger partial charge on any atom is 0.137 e. The summed E-state index contributed by atoms with van der Waals surface area (Å²) in [6, 6.07) is 5.10. The van der Waals surface area contributed by atoms with Gasteiger partial charge >= 0.3 is 0 Å². The normalized spacial score (nSPS) is 11.2. The first-order chi connectivity index (χ1) is 8.56. The molecule has 1 heterocycles. The molecule has 0 aliphatic rings. The van der Waals surface area contributed by atoms with Crippen molar-refractivity contribution in [2.45, 2.75) is 26.8 Å². The molecule has 0 saturated carbocycles. The zero-order valence-electron chi connectivity index (χ0n) is 10.5. The molecule has 1 aromatic heterocycles. The molecule has 0 amide bonds. The van der Waals surface area contributed by atoms with Gasteiger partial charge in [-0.05, 0) is 39.5 Å². The molecule has 0 radical (unpaired) electrons. The van der Waals surface area contributed by atoms with Crippen molar-refractivity contribution in [1.82, 2.24) is 9.55 Å². The summed E-state index contributed by atoms with van der Waals surface area (Å²) in [5.74, 6) is 1.42. The molecule has 4 heteroatoms. The van der Waals surface area contributed by atoms with E-state index in [0.717, 1.165) is 24.4 Å². The van der Waals surface area contributed by atoms with Crippen molar-refractivity contribution in [1.29, 1.82) is 0 Å². The van der Waals surface area contributed by atoms with Gasteiger partial charge in [-0.2, -0.15) is 0 Å². The van der Waals surface area contributed by atoms with Crippen molar-refractivity contribution < 1.29 is 4.39 Å². The molecular formula is C14H16BrFN2. The Labute approximate surface area is 115 Å². The van der Waals surface area contributed by atoms with Crippen LogP contribution in [0, 0.1) is 11.7 Å². The Morgan fingerprint density at radius 3 is 2.83 bits per heavy atom. The number of halogens is 2. The number of hydrogen-bond acceptors (Lipinski definition) is 1. The lowest BCUT2D eigenvalue weighted by atomic mass is 10.1. The number of aromatic nitrogens is 2. The average Bonchev–Trinajstić information content (AvgIpc) is 2.70. The van der Waals surface area contributed by atoms with Gasteiger partial charge in [-0.1, -0.05) is 19.9 Å². The van der Waals surface area contributed by atoms with E-state index in [0.29, 0.717) is 10.4 Å². The first-order valence-corrected chi connectivity index (χ1v) is 6.79. The summed E-state index contributed by atoms with van der Waals surface area (Å²) in [5.41, 5.74) is 1.06. The molecule has 2 nitrogen and oxygen atoms in total. The molecule has 18 heavy (non-hydrogen) atoms. The fraction of sp³-hybridized carbons (Fsp3) is 0.357. The molecule has 0 atom stereocenters. The van der Waals surface area contributed by atoms with Gasteiger partial charge in [0.25, 0.3) is 0 Å². The van der Waals surface area contributed by atoms with Gasteiger partial charge in [0.15, 0.2) is 0 Å². The van der Waals surface area contributed by atoms with Gasteiger partial charge < -0.3 is 4.57 Å². The van der Waals surface area contributed by atoms with Crippen LogP contribution in [0.25, 0.3) is 0 Å². The molecular weight excluding hydrogens is 295 g/mol. The SMILES string of the molecule is CC(C)Cc1nccn1Cc1ccc(F)c(Br)c1. The Balaban J connectivity index is 2.18. The molecule has 96 valence electrons. The highest BCUT2D eigenvalue weighted by molar-refractivity contribution is 9.10. The first kappa shape index (κ1) is 13.3. The minimum Gasteiger partial charge on any atom is -0.331 e. The number of hydrogen-bond donors (Lipinski definition) is 0. The topological polar surface area (TPSA) is 17.8 Å². The van der Waals surface area contributed by atoms with E-state index < -0.39 is 0 Å². The maximum absolute atomic E-state index is 13.2. The van der Waals surface area contributed by atoms with Crippen LogP contribution in [0.2, 0.25) is 0 Å². The fourth-order valence-electron chi connectivity index (χ4n) is 1.87. The van der Waals surface area contributed by atoms with E-state index in [2.05, 4.69) is 39.3 Å². The third kappa shape index (κ3) is 3.19. The van der Waals surface area contributed by atoms with Gasteiger partial charge in [0.2, 0.25) is 0 Å². The highest BCUT2D eigenvalue weighted by atomic mass is 79.9. The van der Waals surface area contributed by atoms with Crippen LogP contribution in [0.4, 0.5) is 4.39 Å². The fourth-order valence-corrected chi connectivity index (χ4v) is 2.30. The smallest absolute Gasteiger partial charge is 0.137 e. The van der Waals surface area contributed by atoms with Crippen molar-refractivity contribution in [3.8, 4) is 0 Å². The summed E-state index contributed by atoms with van der Waals surface area (Å²) in [5, 5.41) is 0. The lowest BCUT2D eigenvalue weighted by molar-refractivity contribution is 0.588. The Bertz CT molecular complexity index is 534.